The summed E-state index contributed by atoms with van der Waals surface area (Å²) in [4.78, 5) is 12.3. The number of methoxy groups -OCH3 is 1. The lowest BCUT2D eigenvalue weighted by Crippen LogP contribution is -2.34. The number of nitrogens with zero attached hydrogens (tertiary/aromatic N) is 1. The van der Waals surface area contributed by atoms with Gasteiger partial charge in [-0.15, -0.1) is 0 Å². The van der Waals surface area contributed by atoms with Crippen LogP contribution in [0.2, 0.25) is 0 Å². The van der Waals surface area contributed by atoms with Crippen LogP contribution in [0.4, 0.5) is 4.79 Å². The highest BCUT2D eigenvalue weighted by Crippen LogP contribution is 2.27. The Bertz CT molecular complexity index is 375. The molecule has 0 saturated carbocycles. The van der Waals surface area contributed by atoms with Crippen molar-refractivity contribution < 1.29 is 14.6 Å². The minimum absolute atomic E-state index is 0.425. The van der Waals surface area contributed by atoms with E-state index in [-0.39, 0.29) is 0 Å². The highest BCUT2D eigenvalue weighted by Gasteiger charge is 2.22. The third-order valence-electron chi connectivity index (χ3n) is 2.72. The molecule has 0 unspecified atom stereocenters. The lowest BCUT2D eigenvalue weighted by molar-refractivity contribution is 0.139. The maximum atomic E-state index is 10.8. The third-order valence-corrected chi connectivity index (χ3v) is 2.72. The third kappa shape index (κ3) is 1.75. The predicted molar refractivity (Wildman–Crippen MR) is 55.1 cm³/mol. The molecule has 0 spiro atoms. The van der Waals surface area contributed by atoms with E-state index in [0.717, 1.165) is 17.7 Å². The Balaban J connectivity index is 2.34. The number of amides is 1. The minimum Gasteiger partial charge on any atom is -0.496 e. The molecule has 15 heavy (non-hydrogen) atoms. The molecule has 1 aromatic carbocycles. The van der Waals surface area contributed by atoms with E-state index in [1.165, 1.54) is 10.5 Å². The normalized spacial score (nSPS) is 14.6. The van der Waals surface area contributed by atoms with E-state index < -0.39 is 6.09 Å². The molecule has 1 aromatic rings. The van der Waals surface area contributed by atoms with E-state index in [0.29, 0.717) is 13.1 Å². The lowest BCUT2D eigenvalue weighted by atomic mass is 9.99. The molecule has 0 fully saturated rings. The van der Waals surface area contributed by atoms with Crippen molar-refractivity contribution in [2.45, 2.75) is 13.0 Å². The molecule has 4 heteroatoms. The van der Waals surface area contributed by atoms with Crippen molar-refractivity contribution in [3.63, 3.8) is 0 Å². The molecule has 4 nitrogen and oxygen atoms in total. The van der Waals surface area contributed by atoms with Gasteiger partial charge in [0.15, 0.2) is 0 Å². The van der Waals surface area contributed by atoms with Gasteiger partial charge in [-0.2, -0.15) is 0 Å². The van der Waals surface area contributed by atoms with Crippen LogP contribution in [-0.4, -0.2) is 29.8 Å². The van der Waals surface area contributed by atoms with Gasteiger partial charge in [0.25, 0.3) is 0 Å². The number of hydrogen-bond acceptors (Lipinski definition) is 2. The number of fused-ring (bicyclic) bond motifs is 1. The highest BCUT2D eigenvalue weighted by molar-refractivity contribution is 5.66. The molecule has 0 atom stereocenters. The fourth-order valence-electron chi connectivity index (χ4n) is 1.90. The Morgan fingerprint density at radius 1 is 1.53 bits per heavy atom. The summed E-state index contributed by atoms with van der Waals surface area (Å²) in [5.41, 5.74) is 2.18. The first-order valence-electron chi connectivity index (χ1n) is 4.85. The molecule has 0 aliphatic carbocycles. The van der Waals surface area contributed by atoms with E-state index in [1.807, 2.05) is 18.2 Å². The summed E-state index contributed by atoms with van der Waals surface area (Å²) >= 11 is 0. The van der Waals surface area contributed by atoms with Crippen LogP contribution < -0.4 is 4.74 Å². The van der Waals surface area contributed by atoms with Gasteiger partial charge in [0.1, 0.15) is 5.75 Å². The van der Waals surface area contributed by atoms with Crippen molar-refractivity contribution in [1.29, 1.82) is 0 Å². The molecule has 1 N–H and O–H groups in total. The van der Waals surface area contributed by atoms with Crippen LogP contribution in [0.5, 0.6) is 5.75 Å². The van der Waals surface area contributed by atoms with Gasteiger partial charge in [-0.25, -0.2) is 4.79 Å². The zero-order chi connectivity index (χ0) is 10.8. The molecule has 1 aliphatic heterocycles. The van der Waals surface area contributed by atoms with Gasteiger partial charge in [0.2, 0.25) is 0 Å². The largest absolute Gasteiger partial charge is 0.496 e. The van der Waals surface area contributed by atoms with Crippen molar-refractivity contribution in [2.75, 3.05) is 13.7 Å². The molecular weight excluding hydrogens is 194 g/mol. The van der Waals surface area contributed by atoms with E-state index in [9.17, 15) is 4.79 Å². The number of hydrogen-bond donors (Lipinski definition) is 1. The lowest BCUT2D eigenvalue weighted by Gasteiger charge is -2.27. The summed E-state index contributed by atoms with van der Waals surface area (Å²) in [5, 5.41) is 8.91. The second-order valence-electron chi connectivity index (χ2n) is 3.55. The zero-order valence-electron chi connectivity index (χ0n) is 8.56. The monoisotopic (exact) mass is 207 g/mol. The Morgan fingerprint density at radius 2 is 2.33 bits per heavy atom. The van der Waals surface area contributed by atoms with Crippen LogP contribution in [-0.2, 0) is 13.0 Å². The van der Waals surface area contributed by atoms with Crippen molar-refractivity contribution in [3.05, 3.63) is 29.3 Å². The molecule has 0 radical (unpaired) electrons. The second-order valence-corrected chi connectivity index (χ2v) is 3.55. The second kappa shape index (κ2) is 3.81. The van der Waals surface area contributed by atoms with Gasteiger partial charge in [0.05, 0.1) is 13.7 Å². The van der Waals surface area contributed by atoms with E-state index >= 15 is 0 Å². The maximum absolute atomic E-state index is 10.8. The van der Waals surface area contributed by atoms with Gasteiger partial charge in [-0.05, 0) is 18.1 Å². The van der Waals surface area contributed by atoms with Gasteiger partial charge < -0.3 is 14.7 Å². The average molecular weight is 207 g/mol. The predicted octanol–water partition coefficient (Wildman–Crippen LogP) is 1.73. The van der Waals surface area contributed by atoms with Gasteiger partial charge in [0, 0.05) is 12.1 Å². The summed E-state index contributed by atoms with van der Waals surface area (Å²) in [7, 11) is 1.61. The van der Waals surface area contributed by atoms with Crippen molar-refractivity contribution in [2.24, 2.45) is 0 Å². The zero-order valence-corrected chi connectivity index (χ0v) is 8.56. The van der Waals surface area contributed by atoms with Crippen LogP contribution in [0.3, 0.4) is 0 Å². The van der Waals surface area contributed by atoms with Crippen molar-refractivity contribution in [1.82, 2.24) is 4.90 Å². The van der Waals surface area contributed by atoms with E-state index in [1.54, 1.807) is 7.11 Å². The first kappa shape index (κ1) is 9.83. The number of benzene rings is 1. The average Bonchev–Trinajstić information content (AvgIpc) is 2.27. The van der Waals surface area contributed by atoms with Crippen molar-refractivity contribution >= 4 is 6.09 Å². The highest BCUT2D eigenvalue weighted by atomic mass is 16.5. The molecule has 2 rings (SSSR count). The van der Waals surface area contributed by atoms with Crippen LogP contribution in [0.15, 0.2) is 18.2 Å². The molecule has 1 aliphatic rings. The van der Waals surface area contributed by atoms with Crippen LogP contribution >= 0.6 is 0 Å². The summed E-state index contributed by atoms with van der Waals surface area (Å²) in [6.07, 6.45) is -0.106. The molecule has 1 heterocycles. The van der Waals surface area contributed by atoms with Crippen LogP contribution in [0.1, 0.15) is 11.1 Å². The van der Waals surface area contributed by atoms with Gasteiger partial charge in [-0.3, -0.25) is 0 Å². The Kier molecular flexibility index (Phi) is 2.49. The van der Waals surface area contributed by atoms with Crippen LogP contribution in [0.25, 0.3) is 0 Å². The first-order valence-corrected chi connectivity index (χ1v) is 4.85. The van der Waals surface area contributed by atoms with Gasteiger partial charge >= 0.3 is 6.09 Å². The van der Waals surface area contributed by atoms with Crippen molar-refractivity contribution in [3.8, 4) is 5.75 Å². The number of ether oxygens (including phenoxy) is 1. The summed E-state index contributed by atoms with van der Waals surface area (Å²) in [6.45, 7) is 0.990. The Labute approximate surface area is 88.1 Å². The SMILES string of the molecule is COc1cccc2c1CN(C(=O)O)CC2. The maximum Gasteiger partial charge on any atom is 0.407 e. The molecular formula is C11H13NO3. The van der Waals surface area contributed by atoms with E-state index in [2.05, 4.69) is 0 Å². The quantitative estimate of drug-likeness (QED) is 0.763. The number of rotatable bonds is 1. The topological polar surface area (TPSA) is 49.8 Å². The van der Waals surface area contributed by atoms with Gasteiger partial charge in [-0.1, -0.05) is 12.1 Å². The summed E-state index contributed by atoms with van der Waals surface area (Å²) in [6, 6.07) is 5.83. The molecule has 1 amide bonds. The minimum atomic E-state index is -0.869. The first-order chi connectivity index (χ1) is 7.22. The molecule has 0 aromatic heterocycles. The summed E-state index contributed by atoms with van der Waals surface area (Å²) < 4.78 is 5.22. The van der Waals surface area contributed by atoms with Crippen LogP contribution in [0, 0.1) is 0 Å². The number of carboxylic acid groups (broad SMARTS) is 1. The number of carbonyl (C=O) groups is 1. The Hall–Kier alpha value is -1.71. The smallest absolute Gasteiger partial charge is 0.407 e. The summed E-state index contributed by atoms with van der Waals surface area (Å²) in [5.74, 6) is 0.776. The molecule has 0 saturated heterocycles. The van der Waals surface area contributed by atoms with E-state index in [4.69, 9.17) is 9.84 Å². The fraction of sp³-hybridized carbons (Fsp3) is 0.364. The Morgan fingerprint density at radius 3 is 3.00 bits per heavy atom. The molecule has 0 bridgehead atoms. The standard InChI is InChI=1S/C11H13NO3/c1-15-10-4-2-3-8-5-6-12(11(13)14)7-9(8)10/h2-4H,5-7H2,1H3,(H,13,14). The fourth-order valence-corrected chi connectivity index (χ4v) is 1.90. The molecule has 80 valence electrons.